The van der Waals surface area contributed by atoms with Crippen LogP contribution in [0.25, 0.3) is 5.69 Å². The van der Waals surface area contributed by atoms with Crippen LogP contribution in [0, 0.1) is 6.92 Å². The number of H-pyrrole nitrogens is 1. The Balaban J connectivity index is 0.00000300. The van der Waals surface area contributed by atoms with Crippen LogP contribution in [-0.2, 0) is 15.1 Å². The summed E-state index contributed by atoms with van der Waals surface area (Å²) < 4.78 is 35.2. The van der Waals surface area contributed by atoms with Gasteiger partial charge >= 0.3 is 10.3 Å². The number of nitrogens with one attached hydrogen (secondary N) is 2. The predicted molar refractivity (Wildman–Crippen MR) is 112 cm³/mol. The van der Waals surface area contributed by atoms with Crippen LogP contribution in [0.15, 0.2) is 35.1 Å². The molecular weight excluding hydrogens is 420 g/mol. The number of rotatable bonds is 6. The van der Waals surface area contributed by atoms with E-state index in [0.29, 0.717) is 24.2 Å². The lowest BCUT2D eigenvalue weighted by molar-refractivity contribution is -0.116. The van der Waals surface area contributed by atoms with Gasteiger partial charge in [0.05, 0.1) is 12.2 Å². The second kappa shape index (κ2) is 9.57. The number of amides is 1. The normalized spacial score (nSPS) is 15.1. The number of aromatic amines is 1. The number of benzene rings is 1. The molecule has 1 amide bonds. The first-order chi connectivity index (χ1) is 13.2. The van der Waals surface area contributed by atoms with Gasteiger partial charge in [0.2, 0.25) is 5.91 Å². The Bertz CT molecular complexity index is 994. The summed E-state index contributed by atoms with van der Waals surface area (Å²) in [7, 11) is -4.47. The van der Waals surface area contributed by atoms with Crippen molar-refractivity contribution in [3.05, 3.63) is 46.4 Å². The van der Waals surface area contributed by atoms with Crippen LogP contribution in [0.1, 0.15) is 37.8 Å². The molecule has 0 unspecified atom stereocenters. The number of hydrogen-bond acceptors (Lipinski definition) is 4. The van der Waals surface area contributed by atoms with E-state index in [4.69, 9.17) is 0 Å². The lowest BCUT2D eigenvalue weighted by Crippen LogP contribution is -2.45. The van der Waals surface area contributed by atoms with Crippen LogP contribution in [0.4, 0.5) is 5.69 Å². The number of hydrogen-bond donors (Lipinski definition) is 3. The Morgan fingerprint density at radius 2 is 1.86 bits per heavy atom. The average molecular weight is 445 g/mol. The van der Waals surface area contributed by atoms with Gasteiger partial charge in [0, 0.05) is 23.5 Å². The molecule has 1 heterocycles. The van der Waals surface area contributed by atoms with E-state index in [2.05, 4.69) is 10.4 Å². The number of carbonyl (C=O) groups excluding carboxylic acids is 1. The molecule has 1 aromatic carbocycles. The molecule has 1 aromatic heterocycles. The van der Waals surface area contributed by atoms with Gasteiger partial charge in [0.1, 0.15) is 0 Å². The maximum Gasteiger partial charge on any atom is 0.336 e. The second-order valence-corrected chi connectivity index (χ2v) is 8.39. The molecule has 0 spiro atoms. The lowest BCUT2D eigenvalue weighted by atomic mass is 9.95. The third kappa shape index (κ3) is 5.92. The molecule has 1 aliphatic carbocycles. The van der Waals surface area contributed by atoms with E-state index in [0.717, 1.165) is 29.3 Å². The van der Waals surface area contributed by atoms with Crippen molar-refractivity contribution >= 4 is 34.3 Å². The average Bonchev–Trinajstić information content (AvgIpc) is 2.98. The number of nitrogens with zero attached hydrogens (tertiary/aromatic N) is 2. The highest BCUT2D eigenvalue weighted by atomic mass is 35.5. The van der Waals surface area contributed by atoms with Crippen LogP contribution in [0.2, 0.25) is 0 Å². The Morgan fingerprint density at radius 1 is 1.24 bits per heavy atom. The third-order valence-electron chi connectivity index (χ3n) is 4.84. The van der Waals surface area contributed by atoms with Crippen LogP contribution in [0.5, 0.6) is 0 Å². The maximum atomic E-state index is 12.3. The summed E-state index contributed by atoms with van der Waals surface area (Å²) in [5.41, 5.74) is 1.61. The molecule has 1 aliphatic rings. The standard InChI is InChI=1S/C18H24N4O5S.ClH/c1-13-11-18(24)22(20-13)16-9-7-14(8-10-16)19-17(23)12-21(28(25,26)27)15-5-3-2-4-6-15;/h7-11,15,20H,2-6,12H2,1H3,(H,19,23)(H,25,26,27);1H. The monoisotopic (exact) mass is 444 g/mol. The topological polar surface area (TPSA) is 124 Å². The number of aryl methyl sites for hydroxylation is 1. The van der Waals surface area contributed by atoms with Gasteiger partial charge in [0.15, 0.2) is 0 Å². The van der Waals surface area contributed by atoms with Gasteiger partial charge in [-0.15, -0.1) is 12.4 Å². The molecule has 0 bridgehead atoms. The van der Waals surface area contributed by atoms with E-state index in [1.54, 1.807) is 31.2 Å². The van der Waals surface area contributed by atoms with E-state index >= 15 is 0 Å². The van der Waals surface area contributed by atoms with Crippen molar-refractivity contribution in [2.24, 2.45) is 0 Å². The molecule has 9 nitrogen and oxygen atoms in total. The first kappa shape index (κ1) is 23.1. The number of anilines is 1. The summed E-state index contributed by atoms with van der Waals surface area (Å²) in [6.45, 7) is 1.33. The van der Waals surface area contributed by atoms with Crippen LogP contribution < -0.4 is 10.9 Å². The first-order valence-corrected chi connectivity index (χ1v) is 10.6. The smallest absolute Gasteiger partial charge is 0.325 e. The zero-order valence-corrected chi connectivity index (χ0v) is 17.6. The minimum absolute atomic E-state index is 0. The molecule has 3 N–H and O–H groups in total. The summed E-state index contributed by atoms with van der Waals surface area (Å²) in [4.78, 5) is 24.2. The minimum Gasteiger partial charge on any atom is -0.325 e. The molecular formula is C18H25ClN4O5S. The van der Waals surface area contributed by atoms with Gasteiger partial charge in [-0.25, -0.2) is 4.68 Å². The van der Waals surface area contributed by atoms with E-state index < -0.39 is 22.8 Å². The summed E-state index contributed by atoms with van der Waals surface area (Å²) in [5, 5.41) is 5.54. The first-order valence-electron chi connectivity index (χ1n) is 9.17. The van der Waals surface area contributed by atoms with Gasteiger partial charge in [-0.1, -0.05) is 19.3 Å². The number of aromatic nitrogens is 2. The summed E-state index contributed by atoms with van der Waals surface area (Å²) in [5.74, 6) is -0.538. The van der Waals surface area contributed by atoms with Crippen LogP contribution in [0.3, 0.4) is 0 Å². The van der Waals surface area contributed by atoms with Crippen molar-refractivity contribution in [1.29, 1.82) is 0 Å². The van der Waals surface area contributed by atoms with Crippen molar-refractivity contribution in [1.82, 2.24) is 14.1 Å². The fourth-order valence-corrected chi connectivity index (χ4v) is 4.38. The largest absolute Gasteiger partial charge is 0.336 e. The molecule has 3 rings (SSSR count). The van der Waals surface area contributed by atoms with E-state index in [1.807, 2.05) is 0 Å². The van der Waals surface area contributed by atoms with Gasteiger partial charge in [-0.2, -0.15) is 12.7 Å². The van der Waals surface area contributed by atoms with E-state index in [-0.39, 0.29) is 24.0 Å². The number of carbonyl (C=O) groups is 1. The Kier molecular flexibility index (Phi) is 7.64. The zero-order valence-electron chi connectivity index (χ0n) is 16.0. The molecule has 0 radical (unpaired) electrons. The predicted octanol–water partition coefficient (Wildman–Crippen LogP) is 2.27. The van der Waals surface area contributed by atoms with Crippen molar-refractivity contribution < 1.29 is 17.8 Å². The van der Waals surface area contributed by atoms with Crippen molar-refractivity contribution in [3.8, 4) is 5.69 Å². The molecule has 160 valence electrons. The molecule has 1 saturated carbocycles. The molecule has 0 saturated heterocycles. The van der Waals surface area contributed by atoms with E-state index in [9.17, 15) is 22.6 Å². The second-order valence-electron chi connectivity index (χ2n) is 7.02. The molecule has 29 heavy (non-hydrogen) atoms. The van der Waals surface area contributed by atoms with Crippen molar-refractivity contribution in [2.75, 3.05) is 11.9 Å². The Labute approximate surface area is 175 Å². The molecule has 0 atom stereocenters. The highest BCUT2D eigenvalue weighted by molar-refractivity contribution is 7.83. The zero-order chi connectivity index (χ0) is 20.3. The SMILES string of the molecule is Cc1cc(=O)n(-c2ccc(NC(=O)CN(C3CCCCC3)S(=O)(=O)O)cc2)[nH]1.Cl. The minimum atomic E-state index is -4.47. The fraction of sp³-hybridized carbons (Fsp3) is 0.444. The maximum absolute atomic E-state index is 12.3. The Hall–Kier alpha value is -2.14. The summed E-state index contributed by atoms with van der Waals surface area (Å²) in [6.07, 6.45) is 4.03. The third-order valence-corrected chi connectivity index (χ3v) is 5.86. The molecule has 1 fully saturated rings. The summed E-state index contributed by atoms with van der Waals surface area (Å²) >= 11 is 0. The molecule has 2 aromatic rings. The van der Waals surface area contributed by atoms with Gasteiger partial charge in [0.25, 0.3) is 5.56 Å². The van der Waals surface area contributed by atoms with Gasteiger partial charge in [-0.3, -0.25) is 19.2 Å². The van der Waals surface area contributed by atoms with Crippen LogP contribution in [-0.4, -0.2) is 45.6 Å². The van der Waals surface area contributed by atoms with Crippen LogP contribution >= 0.6 is 12.4 Å². The lowest BCUT2D eigenvalue weighted by Gasteiger charge is -2.30. The summed E-state index contributed by atoms with van der Waals surface area (Å²) in [6, 6.07) is 7.68. The van der Waals surface area contributed by atoms with Gasteiger partial charge < -0.3 is 5.32 Å². The van der Waals surface area contributed by atoms with E-state index in [1.165, 1.54) is 10.7 Å². The highest BCUT2D eigenvalue weighted by Crippen LogP contribution is 2.24. The highest BCUT2D eigenvalue weighted by Gasteiger charge is 2.31. The molecule has 0 aliphatic heterocycles. The Morgan fingerprint density at radius 3 is 2.38 bits per heavy atom. The van der Waals surface area contributed by atoms with Crippen molar-refractivity contribution in [2.45, 2.75) is 45.1 Å². The van der Waals surface area contributed by atoms with Crippen molar-refractivity contribution in [3.63, 3.8) is 0 Å². The molecule has 11 heteroatoms. The quantitative estimate of drug-likeness (QED) is 0.589. The van der Waals surface area contributed by atoms with Gasteiger partial charge in [-0.05, 0) is 44.0 Å². The number of halogens is 1. The fourth-order valence-electron chi connectivity index (χ4n) is 3.51.